The molecule has 0 bridgehead atoms. The first-order valence-corrected chi connectivity index (χ1v) is 6.90. The van der Waals surface area contributed by atoms with Gasteiger partial charge in [0, 0.05) is 18.5 Å². The quantitative estimate of drug-likeness (QED) is 0.932. The largest absolute Gasteiger partial charge is 0.478 e. The molecule has 104 valence electrons. The molecule has 1 fully saturated rings. The van der Waals surface area contributed by atoms with Gasteiger partial charge in [0.2, 0.25) is 0 Å². The van der Waals surface area contributed by atoms with Crippen molar-refractivity contribution in [1.29, 1.82) is 0 Å². The zero-order chi connectivity index (χ0) is 14.1. The van der Waals surface area contributed by atoms with Gasteiger partial charge in [-0.25, -0.2) is 14.5 Å². The van der Waals surface area contributed by atoms with Gasteiger partial charge in [-0.05, 0) is 25.0 Å². The minimum atomic E-state index is -0.916. The highest BCUT2D eigenvalue weighted by Gasteiger charge is 2.22. The molecule has 2 aromatic rings. The first-order valence-electron chi connectivity index (χ1n) is 6.90. The minimum Gasteiger partial charge on any atom is -0.478 e. The van der Waals surface area contributed by atoms with Crippen LogP contribution in [-0.2, 0) is 7.05 Å². The SMILES string of the molecule is Cn1nc(C2CCCC2)nc1-c1ccc(C(=O)O)cc1. The van der Waals surface area contributed by atoms with Gasteiger partial charge < -0.3 is 5.11 Å². The predicted octanol–water partition coefficient (Wildman–Crippen LogP) is 2.84. The third kappa shape index (κ3) is 2.31. The van der Waals surface area contributed by atoms with Gasteiger partial charge in [0.1, 0.15) is 0 Å². The molecule has 5 heteroatoms. The van der Waals surface area contributed by atoms with E-state index in [0.29, 0.717) is 5.92 Å². The van der Waals surface area contributed by atoms with Crippen molar-refractivity contribution < 1.29 is 9.90 Å². The highest BCUT2D eigenvalue weighted by atomic mass is 16.4. The molecule has 0 spiro atoms. The van der Waals surface area contributed by atoms with Gasteiger partial charge >= 0.3 is 5.97 Å². The third-order valence-corrected chi connectivity index (χ3v) is 3.89. The summed E-state index contributed by atoms with van der Waals surface area (Å²) in [5.41, 5.74) is 1.18. The molecule has 20 heavy (non-hydrogen) atoms. The van der Waals surface area contributed by atoms with Crippen LogP contribution in [0, 0.1) is 0 Å². The number of carboxylic acids is 1. The van der Waals surface area contributed by atoms with Gasteiger partial charge in [0.25, 0.3) is 0 Å². The molecule has 3 rings (SSSR count). The lowest BCUT2D eigenvalue weighted by Gasteiger charge is -2.01. The minimum absolute atomic E-state index is 0.284. The zero-order valence-corrected chi connectivity index (χ0v) is 11.4. The average Bonchev–Trinajstić information content (AvgIpc) is 3.08. The van der Waals surface area contributed by atoms with Gasteiger partial charge in [-0.15, -0.1) is 0 Å². The summed E-state index contributed by atoms with van der Waals surface area (Å²) in [6.07, 6.45) is 4.85. The average molecular weight is 271 g/mol. The maximum Gasteiger partial charge on any atom is 0.335 e. The fourth-order valence-corrected chi connectivity index (χ4v) is 2.77. The van der Waals surface area contributed by atoms with Crippen molar-refractivity contribution in [1.82, 2.24) is 14.8 Å². The molecular formula is C15H17N3O2. The van der Waals surface area contributed by atoms with Crippen LogP contribution in [0.5, 0.6) is 0 Å². The van der Waals surface area contributed by atoms with Crippen molar-refractivity contribution in [3.05, 3.63) is 35.7 Å². The van der Waals surface area contributed by atoms with Crippen LogP contribution < -0.4 is 0 Å². The van der Waals surface area contributed by atoms with E-state index in [-0.39, 0.29) is 5.56 Å². The summed E-state index contributed by atoms with van der Waals surface area (Å²) in [5, 5.41) is 13.4. The summed E-state index contributed by atoms with van der Waals surface area (Å²) >= 11 is 0. The molecule has 0 saturated heterocycles. The second-order valence-electron chi connectivity index (χ2n) is 5.28. The Labute approximate surface area is 117 Å². The summed E-state index contributed by atoms with van der Waals surface area (Å²) in [7, 11) is 1.88. The van der Waals surface area contributed by atoms with E-state index in [1.165, 1.54) is 25.7 Å². The first-order chi connectivity index (χ1) is 9.65. The molecule has 1 aliphatic rings. The summed E-state index contributed by atoms with van der Waals surface area (Å²) < 4.78 is 1.78. The number of benzene rings is 1. The van der Waals surface area contributed by atoms with E-state index in [4.69, 9.17) is 5.11 Å². The van der Waals surface area contributed by atoms with Gasteiger partial charge in [-0.3, -0.25) is 0 Å². The Morgan fingerprint density at radius 1 is 1.25 bits per heavy atom. The zero-order valence-electron chi connectivity index (χ0n) is 11.4. The Morgan fingerprint density at radius 2 is 1.90 bits per heavy atom. The molecule has 1 saturated carbocycles. The lowest BCUT2D eigenvalue weighted by atomic mass is 10.1. The number of hydrogen-bond acceptors (Lipinski definition) is 3. The molecule has 1 heterocycles. The van der Waals surface area contributed by atoms with Crippen molar-refractivity contribution in [3.63, 3.8) is 0 Å². The van der Waals surface area contributed by atoms with E-state index in [1.54, 1.807) is 28.9 Å². The van der Waals surface area contributed by atoms with Gasteiger partial charge in [0.15, 0.2) is 11.6 Å². The Kier molecular flexibility index (Phi) is 3.26. The molecule has 1 aromatic carbocycles. The Morgan fingerprint density at radius 3 is 2.50 bits per heavy atom. The molecule has 0 aliphatic heterocycles. The molecular weight excluding hydrogens is 254 g/mol. The maximum absolute atomic E-state index is 10.9. The Hall–Kier alpha value is -2.17. The monoisotopic (exact) mass is 271 g/mol. The van der Waals surface area contributed by atoms with Crippen LogP contribution in [0.4, 0.5) is 0 Å². The van der Waals surface area contributed by atoms with Crippen LogP contribution in [0.2, 0.25) is 0 Å². The smallest absolute Gasteiger partial charge is 0.335 e. The highest BCUT2D eigenvalue weighted by Crippen LogP contribution is 2.33. The summed E-state index contributed by atoms with van der Waals surface area (Å²) in [6.45, 7) is 0. The number of carboxylic acid groups (broad SMARTS) is 1. The van der Waals surface area contributed by atoms with Crippen LogP contribution in [0.25, 0.3) is 11.4 Å². The predicted molar refractivity (Wildman–Crippen MR) is 74.6 cm³/mol. The molecule has 1 N–H and O–H groups in total. The second-order valence-corrected chi connectivity index (χ2v) is 5.28. The molecule has 0 unspecified atom stereocenters. The molecule has 0 radical (unpaired) electrons. The van der Waals surface area contributed by atoms with Crippen LogP contribution >= 0.6 is 0 Å². The van der Waals surface area contributed by atoms with Gasteiger partial charge in [0.05, 0.1) is 5.56 Å². The molecule has 1 aliphatic carbocycles. The van der Waals surface area contributed by atoms with Crippen molar-refractivity contribution in [2.75, 3.05) is 0 Å². The standard InChI is InChI=1S/C15H17N3O2/c1-18-14(11-6-8-12(9-7-11)15(19)20)16-13(17-18)10-4-2-3-5-10/h6-10H,2-5H2,1H3,(H,19,20). The summed E-state index contributed by atoms with van der Waals surface area (Å²) in [6, 6.07) is 6.76. The van der Waals surface area contributed by atoms with Crippen molar-refractivity contribution in [3.8, 4) is 11.4 Å². The fourth-order valence-electron chi connectivity index (χ4n) is 2.77. The number of aryl methyl sites for hydroxylation is 1. The van der Waals surface area contributed by atoms with Crippen molar-refractivity contribution >= 4 is 5.97 Å². The number of aromatic carboxylic acids is 1. The van der Waals surface area contributed by atoms with E-state index >= 15 is 0 Å². The topological polar surface area (TPSA) is 68.0 Å². The van der Waals surface area contributed by atoms with Crippen LogP contribution in [-0.4, -0.2) is 25.8 Å². The fraction of sp³-hybridized carbons (Fsp3) is 0.400. The summed E-state index contributed by atoms with van der Waals surface area (Å²) in [4.78, 5) is 15.5. The maximum atomic E-state index is 10.9. The van der Waals surface area contributed by atoms with E-state index in [2.05, 4.69) is 10.1 Å². The number of hydrogen-bond donors (Lipinski definition) is 1. The molecule has 1 aromatic heterocycles. The number of aromatic nitrogens is 3. The highest BCUT2D eigenvalue weighted by molar-refractivity contribution is 5.88. The number of nitrogens with zero attached hydrogens (tertiary/aromatic N) is 3. The lowest BCUT2D eigenvalue weighted by molar-refractivity contribution is 0.0697. The first kappa shape index (κ1) is 12.8. The number of rotatable bonds is 3. The molecule has 5 nitrogen and oxygen atoms in total. The van der Waals surface area contributed by atoms with E-state index in [0.717, 1.165) is 17.2 Å². The van der Waals surface area contributed by atoms with Crippen LogP contribution in [0.1, 0.15) is 47.8 Å². The summed E-state index contributed by atoms with van der Waals surface area (Å²) in [5.74, 6) is 1.28. The van der Waals surface area contributed by atoms with E-state index in [1.807, 2.05) is 7.05 Å². The molecule has 0 atom stereocenters. The van der Waals surface area contributed by atoms with Crippen LogP contribution in [0.3, 0.4) is 0 Å². The second kappa shape index (κ2) is 5.07. The van der Waals surface area contributed by atoms with Crippen LogP contribution in [0.15, 0.2) is 24.3 Å². The Bertz CT molecular complexity index is 625. The van der Waals surface area contributed by atoms with E-state index in [9.17, 15) is 4.79 Å². The van der Waals surface area contributed by atoms with E-state index < -0.39 is 5.97 Å². The van der Waals surface area contributed by atoms with Crippen molar-refractivity contribution in [2.45, 2.75) is 31.6 Å². The third-order valence-electron chi connectivity index (χ3n) is 3.89. The van der Waals surface area contributed by atoms with Gasteiger partial charge in [-0.1, -0.05) is 25.0 Å². The van der Waals surface area contributed by atoms with Crippen molar-refractivity contribution in [2.24, 2.45) is 7.05 Å². The normalized spacial score (nSPS) is 15.7. The van der Waals surface area contributed by atoms with Gasteiger partial charge in [-0.2, -0.15) is 5.10 Å². The molecule has 0 amide bonds. The lowest BCUT2D eigenvalue weighted by Crippen LogP contribution is -1.98. The number of carbonyl (C=O) groups is 1. The Balaban J connectivity index is 1.91.